The van der Waals surface area contributed by atoms with Gasteiger partial charge in [0.1, 0.15) is 34.7 Å². The number of hydrogen-bond donors (Lipinski definition) is 1. The molecule has 0 saturated carbocycles. The SMILES string of the molecule is C[C@H]1CN2CC[C@]1(F)c1cc(Cl)cnc1O[C@H]1C[C@@H](C(=O)O)N(C1)c1nc(nc3c1oc1ccccc13)CCCCOCCC2=O. The second-order valence-electron chi connectivity index (χ2n) is 12.4. The number of furan rings is 1. The summed E-state index contributed by atoms with van der Waals surface area (Å²) in [6.07, 6.45) is 3.11. The number of carboxylic acid groups (broad SMARTS) is 1. The van der Waals surface area contributed by atoms with Crippen molar-refractivity contribution in [3.8, 4) is 5.88 Å². The van der Waals surface area contributed by atoms with Crippen molar-refractivity contribution in [2.45, 2.75) is 63.3 Å². The van der Waals surface area contributed by atoms with Crippen LogP contribution in [0.3, 0.4) is 0 Å². The highest BCUT2D eigenvalue weighted by molar-refractivity contribution is 6.30. The highest BCUT2D eigenvalue weighted by Gasteiger charge is 2.47. The molecule has 11 nitrogen and oxygen atoms in total. The number of benzene rings is 1. The Morgan fingerprint density at radius 2 is 2.00 bits per heavy atom. The highest BCUT2D eigenvalue weighted by Crippen LogP contribution is 2.46. The van der Waals surface area contributed by atoms with Gasteiger partial charge in [0.25, 0.3) is 0 Å². The van der Waals surface area contributed by atoms with Gasteiger partial charge in [0, 0.05) is 56.5 Å². The number of rotatable bonds is 1. The van der Waals surface area contributed by atoms with Crippen LogP contribution in [0.5, 0.6) is 5.88 Å². The number of amides is 1. The van der Waals surface area contributed by atoms with Crippen LogP contribution in [0.25, 0.3) is 22.1 Å². The molecule has 242 valence electrons. The average Bonchev–Trinajstić information content (AvgIpc) is 3.64. The molecule has 3 aromatic heterocycles. The summed E-state index contributed by atoms with van der Waals surface area (Å²) in [7, 11) is 0. The van der Waals surface area contributed by atoms with Gasteiger partial charge < -0.3 is 28.8 Å². The number of pyridine rings is 1. The fraction of sp³-hybridized carbons (Fsp3) is 0.485. The van der Waals surface area contributed by atoms with E-state index < -0.39 is 29.7 Å². The van der Waals surface area contributed by atoms with E-state index in [2.05, 4.69) is 4.98 Å². The summed E-state index contributed by atoms with van der Waals surface area (Å²) in [5, 5.41) is 11.4. The lowest BCUT2D eigenvalue weighted by Gasteiger charge is -2.42. The monoisotopic (exact) mass is 651 g/mol. The topological polar surface area (TPSA) is 131 Å². The van der Waals surface area contributed by atoms with Gasteiger partial charge in [0.15, 0.2) is 11.4 Å². The number of hydrogen-bond acceptors (Lipinski definition) is 9. The van der Waals surface area contributed by atoms with Crippen molar-refractivity contribution in [3.63, 3.8) is 0 Å². The minimum atomic E-state index is -1.87. The van der Waals surface area contributed by atoms with E-state index in [1.165, 1.54) is 12.3 Å². The Morgan fingerprint density at radius 1 is 1.15 bits per heavy atom. The van der Waals surface area contributed by atoms with Crippen LogP contribution in [0.15, 0.2) is 40.9 Å². The number of anilines is 1. The van der Waals surface area contributed by atoms with Crippen LogP contribution in [-0.2, 0) is 26.4 Å². The Hall–Kier alpha value is -4.03. The van der Waals surface area contributed by atoms with Crippen molar-refractivity contribution >= 4 is 51.4 Å². The van der Waals surface area contributed by atoms with Gasteiger partial charge >= 0.3 is 5.97 Å². The quantitative estimate of drug-likeness (QED) is 0.289. The molecule has 7 heterocycles. The van der Waals surface area contributed by atoms with Crippen molar-refractivity contribution in [1.29, 1.82) is 0 Å². The van der Waals surface area contributed by atoms with Crippen molar-refractivity contribution in [1.82, 2.24) is 19.9 Å². The van der Waals surface area contributed by atoms with Crippen molar-refractivity contribution in [2.75, 3.05) is 37.7 Å². The molecule has 46 heavy (non-hydrogen) atoms. The number of carbonyl (C=O) groups excluding carboxylic acids is 1. The Kier molecular flexibility index (Phi) is 8.18. The van der Waals surface area contributed by atoms with E-state index in [1.807, 2.05) is 24.3 Å². The Balaban J connectivity index is 1.30. The molecular formula is C33H35ClFN5O6. The van der Waals surface area contributed by atoms with Gasteiger partial charge in [-0.1, -0.05) is 30.7 Å². The van der Waals surface area contributed by atoms with Crippen LogP contribution in [0.4, 0.5) is 10.2 Å². The smallest absolute Gasteiger partial charge is 0.326 e. The van der Waals surface area contributed by atoms with Gasteiger partial charge in [0.2, 0.25) is 11.8 Å². The van der Waals surface area contributed by atoms with Crippen molar-refractivity contribution in [3.05, 3.63) is 52.9 Å². The minimum absolute atomic E-state index is 0.0431. The van der Waals surface area contributed by atoms with Gasteiger partial charge in [-0.05, 0) is 31.0 Å². The van der Waals surface area contributed by atoms with Crippen LogP contribution in [0, 0.1) is 5.92 Å². The van der Waals surface area contributed by atoms with E-state index in [9.17, 15) is 14.7 Å². The molecule has 4 aliphatic rings. The number of aliphatic carboxylic acids is 1. The number of para-hydroxylation sites is 1. The van der Waals surface area contributed by atoms with Gasteiger partial charge in [-0.15, -0.1) is 0 Å². The maximum atomic E-state index is 17.0. The second kappa shape index (κ2) is 12.3. The van der Waals surface area contributed by atoms with Crippen molar-refractivity contribution in [2.24, 2.45) is 5.92 Å². The number of carbonyl (C=O) groups is 2. The summed E-state index contributed by atoms with van der Waals surface area (Å²) < 4.78 is 35.4. The number of aryl methyl sites for hydroxylation is 1. The molecule has 4 atom stereocenters. The minimum Gasteiger partial charge on any atom is -0.480 e. The fourth-order valence-electron chi connectivity index (χ4n) is 6.90. The number of nitrogens with zero attached hydrogens (tertiary/aromatic N) is 5. The number of alkyl halides is 1. The first-order valence-electron chi connectivity index (χ1n) is 15.8. The predicted octanol–water partition coefficient (Wildman–Crippen LogP) is 5.31. The second-order valence-corrected chi connectivity index (χ2v) is 12.8. The largest absolute Gasteiger partial charge is 0.480 e. The predicted molar refractivity (Wildman–Crippen MR) is 168 cm³/mol. The van der Waals surface area contributed by atoms with Gasteiger partial charge in [-0.25, -0.2) is 24.1 Å². The average molecular weight is 652 g/mol. The first kappa shape index (κ1) is 30.6. The normalized spacial score (nSPS) is 26.2. The van der Waals surface area contributed by atoms with Crippen LogP contribution in [0.2, 0.25) is 5.02 Å². The van der Waals surface area contributed by atoms with Gasteiger partial charge in [-0.2, -0.15) is 0 Å². The molecule has 13 heteroatoms. The molecule has 1 amide bonds. The van der Waals surface area contributed by atoms with Crippen molar-refractivity contribution < 1.29 is 33.0 Å². The Morgan fingerprint density at radius 3 is 2.83 bits per heavy atom. The van der Waals surface area contributed by atoms with Gasteiger partial charge in [-0.3, -0.25) is 4.79 Å². The zero-order valence-corrected chi connectivity index (χ0v) is 26.2. The Labute approximate surface area is 269 Å². The van der Waals surface area contributed by atoms with E-state index in [4.69, 9.17) is 35.5 Å². The number of fused-ring (bicyclic) bond motifs is 12. The molecule has 4 aliphatic heterocycles. The maximum Gasteiger partial charge on any atom is 0.326 e. The van der Waals surface area contributed by atoms with E-state index in [-0.39, 0.29) is 67.9 Å². The molecule has 0 aliphatic carbocycles. The summed E-state index contributed by atoms with van der Waals surface area (Å²) in [4.78, 5) is 43.1. The summed E-state index contributed by atoms with van der Waals surface area (Å²) in [5.74, 6) is -0.695. The first-order chi connectivity index (χ1) is 22.2. The molecule has 0 unspecified atom stereocenters. The third-order valence-corrected chi connectivity index (χ3v) is 9.59. The first-order valence-corrected chi connectivity index (χ1v) is 16.1. The lowest BCUT2D eigenvalue weighted by molar-refractivity contribution is -0.139. The summed E-state index contributed by atoms with van der Waals surface area (Å²) in [6, 6.07) is 8.06. The molecule has 1 aromatic carbocycles. The lowest BCUT2D eigenvalue weighted by atomic mass is 9.78. The third kappa shape index (κ3) is 5.62. The standard InChI is InChI=1S/C33H35ClFN5O6/c1-19-17-39-11-10-33(19,35)23-14-20(34)16-36-31(23)45-21-15-24(32(42)43)40(18-21)30-29-28(22-6-2-3-7-25(22)46-29)37-26(38-30)8-4-5-12-44-13-9-27(39)41/h2-3,6-7,14,16,19,21,24H,4-5,8-13,15,17-18H2,1H3,(H,42,43)/t19-,21-,24-,33+/m0/s1. The zero-order chi connectivity index (χ0) is 32.0. The highest BCUT2D eigenvalue weighted by atomic mass is 35.5. The fourth-order valence-corrected chi connectivity index (χ4v) is 7.06. The van der Waals surface area contributed by atoms with E-state index in [1.54, 1.807) is 16.7 Å². The van der Waals surface area contributed by atoms with Crippen LogP contribution >= 0.6 is 11.6 Å². The number of carboxylic acids is 1. The summed E-state index contributed by atoms with van der Waals surface area (Å²) in [5.41, 5.74) is -0.0407. The molecule has 8 rings (SSSR count). The lowest BCUT2D eigenvalue weighted by Crippen LogP contribution is -2.49. The molecule has 2 fully saturated rings. The van der Waals surface area contributed by atoms with E-state index >= 15 is 4.39 Å². The molecule has 0 radical (unpaired) electrons. The molecule has 0 spiro atoms. The number of ether oxygens (including phenoxy) is 2. The van der Waals surface area contributed by atoms with E-state index in [0.717, 1.165) is 18.2 Å². The summed E-state index contributed by atoms with van der Waals surface area (Å²) >= 11 is 6.33. The summed E-state index contributed by atoms with van der Waals surface area (Å²) in [6.45, 7) is 3.11. The molecular weight excluding hydrogens is 617 g/mol. The van der Waals surface area contributed by atoms with Gasteiger partial charge in [0.05, 0.1) is 30.2 Å². The van der Waals surface area contributed by atoms with E-state index in [0.29, 0.717) is 41.4 Å². The third-order valence-electron chi connectivity index (χ3n) is 9.38. The number of halogens is 2. The van der Waals surface area contributed by atoms with Crippen LogP contribution < -0.4 is 9.64 Å². The molecule has 2 saturated heterocycles. The van der Waals surface area contributed by atoms with Crippen LogP contribution in [-0.4, -0.2) is 81.8 Å². The molecule has 4 aromatic rings. The molecule has 6 bridgehead atoms. The number of aromatic nitrogens is 3. The van der Waals surface area contributed by atoms with Crippen LogP contribution in [0.1, 0.15) is 50.4 Å². The molecule has 1 N–H and O–H groups in total. The number of piperidine rings is 1. The maximum absolute atomic E-state index is 17.0. The Bertz CT molecular complexity index is 1800. The zero-order valence-electron chi connectivity index (χ0n) is 25.5.